The van der Waals surface area contributed by atoms with Crippen LogP contribution in [0.5, 0.6) is 0 Å². The number of amides is 2. The summed E-state index contributed by atoms with van der Waals surface area (Å²) in [5.41, 5.74) is 3.86. The second kappa shape index (κ2) is 7.46. The summed E-state index contributed by atoms with van der Waals surface area (Å²) < 4.78 is 0. The molecule has 6 nitrogen and oxygen atoms in total. The number of carboxylic acid groups (broad SMARTS) is 1. The molecule has 0 aliphatic carbocycles. The number of fused-ring (bicyclic) bond motifs is 1. The van der Waals surface area contributed by atoms with Crippen LogP contribution in [0.25, 0.3) is 0 Å². The SMILES string of the molecule is O=C(O)c1ccc2c(c1)CN(C(=O)c1ccc(CN3CCCC3=O)cc1)CC2. The van der Waals surface area contributed by atoms with Gasteiger partial charge in [-0.25, -0.2) is 4.79 Å². The lowest BCUT2D eigenvalue weighted by Crippen LogP contribution is -2.36. The quantitative estimate of drug-likeness (QED) is 0.887. The molecule has 1 N–H and O–H groups in total. The Bertz CT molecular complexity index is 936. The highest BCUT2D eigenvalue weighted by atomic mass is 16.4. The third-order valence-electron chi connectivity index (χ3n) is 5.50. The van der Waals surface area contributed by atoms with Crippen molar-refractivity contribution in [3.63, 3.8) is 0 Å². The van der Waals surface area contributed by atoms with E-state index in [-0.39, 0.29) is 17.4 Å². The van der Waals surface area contributed by atoms with Crippen LogP contribution in [0.15, 0.2) is 42.5 Å². The second-order valence-electron chi connectivity index (χ2n) is 7.38. The Labute approximate surface area is 163 Å². The van der Waals surface area contributed by atoms with Gasteiger partial charge in [-0.3, -0.25) is 9.59 Å². The van der Waals surface area contributed by atoms with Crippen LogP contribution in [-0.4, -0.2) is 45.8 Å². The Hall–Kier alpha value is -3.15. The smallest absolute Gasteiger partial charge is 0.335 e. The molecule has 0 unspecified atom stereocenters. The average molecular weight is 378 g/mol. The first kappa shape index (κ1) is 18.2. The number of hydrogen-bond acceptors (Lipinski definition) is 3. The van der Waals surface area contributed by atoms with Gasteiger partial charge in [0, 0.05) is 38.2 Å². The van der Waals surface area contributed by atoms with Crippen LogP contribution in [0.4, 0.5) is 0 Å². The standard InChI is InChI=1S/C22H22N2O4/c25-20-2-1-10-23(20)13-15-3-5-17(6-4-15)21(26)24-11-9-16-7-8-18(22(27)28)12-19(16)14-24/h3-8,12H,1-2,9-11,13-14H2,(H,27,28). The van der Waals surface area contributed by atoms with Crippen LogP contribution >= 0.6 is 0 Å². The molecule has 2 aromatic rings. The van der Waals surface area contributed by atoms with Crippen molar-refractivity contribution in [3.05, 3.63) is 70.3 Å². The normalized spacial score (nSPS) is 16.2. The maximum atomic E-state index is 12.9. The molecule has 1 fully saturated rings. The number of hydrogen-bond donors (Lipinski definition) is 1. The van der Waals surface area contributed by atoms with Gasteiger partial charge >= 0.3 is 5.97 Å². The van der Waals surface area contributed by atoms with Gasteiger partial charge in [0.2, 0.25) is 5.91 Å². The summed E-state index contributed by atoms with van der Waals surface area (Å²) in [6.07, 6.45) is 2.25. The summed E-state index contributed by atoms with van der Waals surface area (Å²) >= 11 is 0. The highest BCUT2D eigenvalue weighted by Gasteiger charge is 2.23. The van der Waals surface area contributed by atoms with E-state index in [2.05, 4.69) is 0 Å². The zero-order valence-corrected chi connectivity index (χ0v) is 15.6. The van der Waals surface area contributed by atoms with Crippen LogP contribution in [0.2, 0.25) is 0 Å². The van der Waals surface area contributed by atoms with Gasteiger partial charge in [0.1, 0.15) is 0 Å². The number of carboxylic acids is 1. The lowest BCUT2D eigenvalue weighted by Gasteiger charge is -2.29. The number of benzene rings is 2. The number of nitrogens with zero attached hydrogens (tertiary/aromatic N) is 2. The maximum Gasteiger partial charge on any atom is 0.335 e. The minimum atomic E-state index is -0.960. The Kier molecular flexibility index (Phi) is 4.86. The zero-order chi connectivity index (χ0) is 19.7. The Morgan fingerprint density at radius 3 is 2.36 bits per heavy atom. The van der Waals surface area contributed by atoms with Gasteiger partial charge in [-0.05, 0) is 53.8 Å². The molecule has 2 aliphatic heterocycles. The van der Waals surface area contributed by atoms with E-state index in [1.54, 1.807) is 29.2 Å². The molecule has 0 aromatic heterocycles. The first-order valence-corrected chi connectivity index (χ1v) is 9.52. The molecule has 0 saturated carbocycles. The summed E-state index contributed by atoms with van der Waals surface area (Å²) in [6, 6.07) is 12.5. The number of carbonyl (C=O) groups is 3. The van der Waals surface area contributed by atoms with Crippen molar-refractivity contribution in [2.45, 2.75) is 32.4 Å². The molecule has 0 bridgehead atoms. The lowest BCUT2D eigenvalue weighted by atomic mass is 9.96. The fourth-order valence-corrected chi connectivity index (χ4v) is 3.89. The molecule has 2 heterocycles. The van der Waals surface area contributed by atoms with Gasteiger partial charge < -0.3 is 14.9 Å². The molecule has 144 valence electrons. The zero-order valence-electron chi connectivity index (χ0n) is 15.6. The summed E-state index contributed by atoms with van der Waals surface area (Å²) in [5, 5.41) is 9.18. The van der Waals surface area contributed by atoms with Gasteiger partial charge in [0.25, 0.3) is 5.91 Å². The molecule has 2 amide bonds. The van der Waals surface area contributed by atoms with E-state index in [4.69, 9.17) is 0 Å². The molecular formula is C22H22N2O4. The van der Waals surface area contributed by atoms with Crippen LogP contribution in [-0.2, 0) is 24.3 Å². The van der Waals surface area contributed by atoms with E-state index in [9.17, 15) is 19.5 Å². The van der Waals surface area contributed by atoms with Crippen LogP contribution < -0.4 is 0 Å². The van der Waals surface area contributed by atoms with Crippen molar-refractivity contribution in [1.82, 2.24) is 9.80 Å². The predicted octanol–water partition coefficient (Wildman–Crippen LogP) is 2.71. The van der Waals surface area contributed by atoms with E-state index < -0.39 is 5.97 Å². The number of aromatic carboxylic acids is 1. The molecule has 1 saturated heterocycles. The average Bonchev–Trinajstić information content (AvgIpc) is 3.11. The molecule has 0 radical (unpaired) electrons. The fraction of sp³-hybridized carbons (Fsp3) is 0.318. The van der Waals surface area contributed by atoms with Crippen molar-refractivity contribution in [3.8, 4) is 0 Å². The predicted molar refractivity (Wildman–Crippen MR) is 103 cm³/mol. The van der Waals surface area contributed by atoms with Crippen molar-refractivity contribution < 1.29 is 19.5 Å². The summed E-state index contributed by atoms with van der Waals surface area (Å²) in [4.78, 5) is 39.4. The fourth-order valence-electron chi connectivity index (χ4n) is 3.89. The highest BCUT2D eigenvalue weighted by Crippen LogP contribution is 2.22. The Morgan fingerprint density at radius 1 is 0.929 bits per heavy atom. The van der Waals surface area contributed by atoms with Crippen molar-refractivity contribution in [2.24, 2.45) is 0 Å². The monoisotopic (exact) mass is 378 g/mol. The van der Waals surface area contributed by atoms with Crippen LogP contribution in [0.3, 0.4) is 0 Å². The summed E-state index contributed by atoms with van der Waals surface area (Å²) in [7, 11) is 0. The van der Waals surface area contributed by atoms with E-state index in [0.29, 0.717) is 31.6 Å². The number of likely N-dealkylation sites (tertiary alicyclic amines) is 1. The van der Waals surface area contributed by atoms with E-state index in [1.807, 2.05) is 23.1 Å². The Morgan fingerprint density at radius 2 is 1.68 bits per heavy atom. The topological polar surface area (TPSA) is 77.9 Å². The van der Waals surface area contributed by atoms with E-state index >= 15 is 0 Å². The van der Waals surface area contributed by atoms with Crippen LogP contribution in [0, 0.1) is 0 Å². The molecular weight excluding hydrogens is 356 g/mol. The van der Waals surface area contributed by atoms with E-state index in [0.717, 1.165) is 36.1 Å². The third kappa shape index (κ3) is 3.63. The van der Waals surface area contributed by atoms with Gasteiger partial charge in [0.05, 0.1) is 5.56 Å². The first-order chi connectivity index (χ1) is 13.5. The van der Waals surface area contributed by atoms with Crippen LogP contribution in [0.1, 0.15) is 50.2 Å². The molecule has 0 spiro atoms. The first-order valence-electron chi connectivity index (χ1n) is 9.52. The Balaban J connectivity index is 1.45. The molecule has 2 aromatic carbocycles. The second-order valence-corrected chi connectivity index (χ2v) is 7.38. The molecule has 0 atom stereocenters. The minimum absolute atomic E-state index is 0.0600. The third-order valence-corrected chi connectivity index (χ3v) is 5.50. The van der Waals surface area contributed by atoms with Gasteiger partial charge in [-0.2, -0.15) is 0 Å². The molecule has 6 heteroatoms. The van der Waals surface area contributed by atoms with Crippen molar-refractivity contribution in [2.75, 3.05) is 13.1 Å². The molecule has 2 aliphatic rings. The van der Waals surface area contributed by atoms with Gasteiger partial charge in [-0.15, -0.1) is 0 Å². The highest BCUT2D eigenvalue weighted by molar-refractivity contribution is 5.94. The largest absolute Gasteiger partial charge is 0.478 e. The minimum Gasteiger partial charge on any atom is -0.478 e. The molecule has 28 heavy (non-hydrogen) atoms. The summed E-state index contributed by atoms with van der Waals surface area (Å²) in [5.74, 6) is -0.832. The van der Waals surface area contributed by atoms with Gasteiger partial charge in [-0.1, -0.05) is 18.2 Å². The number of carbonyl (C=O) groups excluding carboxylic acids is 2. The van der Waals surface area contributed by atoms with Crippen molar-refractivity contribution >= 4 is 17.8 Å². The lowest BCUT2D eigenvalue weighted by molar-refractivity contribution is -0.128. The van der Waals surface area contributed by atoms with Crippen molar-refractivity contribution in [1.29, 1.82) is 0 Å². The van der Waals surface area contributed by atoms with Gasteiger partial charge in [0.15, 0.2) is 0 Å². The summed E-state index contributed by atoms with van der Waals surface area (Å²) in [6.45, 7) is 2.41. The maximum absolute atomic E-state index is 12.9. The number of rotatable bonds is 4. The van der Waals surface area contributed by atoms with E-state index in [1.165, 1.54) is 0 Å². The molecule has 4 rings (SSSR count).